The highest BCUT2D eigenvalue weighted by molar-refractivity contribution is 7.03. The normalized spacial score (nSPS) is 11.0. The Labute approximate surface area is 203 Å². The fraction of sp³-hybridized carbons (Fsp3) is 0.0400. The van der Waals surface area contributed by atoms with E-state index in [0.717, 1.165) is 22.5 Å². The van der Waals surface area contributed by atoms with Gasteiger partial charge in [-0.2, -0.15) is 0 Å². The maximum absolute atomic E-state index is 12.2. The van der Waals surface area contributed by atoms with Gasteiger partial charge in [0.1, 0.15) is 18.1 Å². The fourth-order valence-corrected chi connectivity index (χ4v) is 4.28. The lowest BCUT2D eigenvalue weighted by molar-refractivity contribution is -0.131. The zero-order chi connectivity index (χ0) is 23.7. The van der Waals surface area contributed by atoms with Crippen LogP contribution in [0.1, 0.15) is 15.9 Å². The Kier molecular flexibility index (Phi) is 5.83. The summed E-state index contributed by atoms with van der Waals surface area (Å²) in [6, 6.07) is 20.3. The van der Waals surface area contributed by atoms with E-state index in [-0.39, 0.29) is 5.56 Å². The molecule has 2 heterocycles. The Morgan fingerprint density at radius 1 is 1.03 bits per heavy atom. The molecule has 3 aromatic carbocycles. The summed E-state index contributed by atoms with van der Waals surface area (Å²) in [5.74, 6) is -1.82. The zero-order valence-electron chi connectivity index (χ0n) is 17.5. The molecular formula is C25H16ClN3O4S. The summed E-state index contributed by atoms with van der Waals surface area (Å²) in [5.41, 5.74) is 4.38. The molecule has 0 atom stereocenters. The minimum atomic E-state index is -1.51. The van der Waals surface area contributed by atoms with Crippen molar-refractivity contribution in [2.24, 2.45) is 0 Å². The maximum Gasteiger partial charge on any atom is 0.377 e. The molecule has 1 N–H and O–H groups in total. The average molecular weight is 490 g/mol. The summed E-state index contributed by atoms with van der Waals surface area (Å²) in [6.07, 6.45) is 1.52. The molecule has 0 bridgehead atoms. The first-order valence-corrected chi connectivity index (χ1v) is 11.4. The molecule has 7 nitrogen and oxygen atoms in total. The van der Waals surface area contributed by atoms with Crippen LogP contribution in [-0.4, -0.2) is 31.0 Å². The number of aromatic nitrogens is 3. The summed E-state index contributed by atoms with van der Waals surface area (Å²) in [6.45, 7) is 0.400. The van der Waals surface area contributed by atoms with Gasteiger partial charge in [-0.25, -0.2) is 4.79 Å². The lowest BCUT2D eigenvalue weighted by atomic mass is 10.1. The van der Waals surface area contributed by atoms with Gasteiger partial charge in [-0.05, 0) is 59.6 Å². The maximum atomic E-state index is 12.2. The number of carboxylic acids is 1. The van der Waals surface area contributed by atoms with Gasteiger partial charge in [0, 0.05) is 33.2 Å². The first-order chi connectivity index (χ1) is 16.5. The Bertz CT molecular complexity index is 1490. The van der Waals surface area contributed by atoms with E-state index < -0.39 is 11.8 Å². The first-order valence-electron chi connectivity index (χ1n) is 10.2. The van der Waals surface area contributed by atoms with Crippen molar-refractivity contribution in [2.75, 3.05) is 0 Å². The highest BCUT2D eigenvalue weighted by atomic mass is 35.5. The van der Waals surface area contributed by atoms with Crippen LogP contribution in [0.25, 0.3) is 27.8 Å². The van der Waals surface area contributed by atoms with Crippen LogP contribution >= 0.6 is 23.1 Å². The van der Waals surface area contributed by atoms with Crippen molar-refractivity contribution in [3.05, 3.63) is 94.5 Å². The molecule has 0 unspecified atom stereocenters. The van der Waals surface area contributed by atoms with Crippen LogP contribution < -0.4 is 4.74 Å². The van der Waals surface area contributed by atoms with Gasteiger partial charge in [0.15, 0.2) is 0 Å². The number of carbonyl (C=O) groups is 2. The van der Waals surface area contributed by atoms with Crippen LogP contribution in [0.3, 0.4) is 0 Å². The molecule has 34 heavy (non-hydrogen) atoms. The van der Waals surface area contributed by atoms with Crippen molar-refractivity contribution in [3.63, 3.8) is 0 Å². The van der Waals surface area contributed by atoms with Crippen LogP contribution in [0.15, 0.2) is 78.3 Å². The summed E-state index contributed by atoms with van der Waals surface area (Å²) in [7, 11) is 0. The highest BCUT2D eigenvalue weighted by Gasteiger charge is 2.21. The molecular weight excluding hydrogens is 474 g/mol. The molecule has 0 amide bonds. The molecule has 0 aliphatic rings. The van der Waals surface area contributed by atoms with Gasteiger partial charge in [-0.1, -0.05) is 40.4 Å². The second-order valence-corrected chi connectivity index (χ2v) is 8.52. The van der Waals surface area contributed by atoms with Crippen molar-refractivity contribution >= 4 is 45.8 Å². The van der Waals surface area contributed by atoms with E-state index in [2.05, 4.69) is 9.59 Å². The number of carbonyl (C=O) groups excluding carboxylic acids is 1. The lowest BCUT2D eigenvalue weighted by Crippen LogP contribution is -2.12. The molecule has 0 spiro atoms. The minimum Gasteiger partial charge on any atom is -0.489 e. The summed E-state index contributed by atoms with van der Waals surface area (Å²) < 4.78 is 11.5. The van der Waals surface area contributed by atoms with Crippen LogP contribution in [0.2, 0.25) is 5.02 Å². The number of carboxylic acid groups (broad SMARTS) is 1. The van der Waals surface area contributed by atoms with E-state index in [4.69, 9.17) is 16.3 Å². The number of Topliss-reactive ketones (excluding diaryl/α,β-unsaturated/α-hetero) is 1. The lowest BCUT2D eigenvalue weighted by Gasteiger charge is -2.09. The van der Waals surface area contributed by atoms with Crippen molar-refractivity contribution in [1.82, 2.24) is 14.2 Å². The second kappa shape index (κ2) is 9.09. The Balaban J connectivity index is 1.35. The molecule has 0 aliphatic heterocycles. The van der Waals surface area contributed by atoms with Crippen molar-refractivity contribution in [2.45, 2.75) is 6.61 Å². The average Bonchev–Trinajstić information content (AvgIpc) is 3.51. The molecule has 5 rings (SSSR count). The second-order valence-electron chi connectivity index (χ2n) is 7.48. The van der Waals surface area contributed by atoms with E-state index in [1.165, 1.54) is 17.7 Å². The molecule has 0 saturated carbocycles. The van der Waals surface area contributed by atoms with Gasteiger partial charge in [-0.3, -0.25) is 4.79 Å². The van der Waals surface area contributed by atoms with Gasteiger partial charge in [0.05, 0.1) is 11.1 Å². The summed E-state index contributed by atoms with van der Waals surface area (Å²) in [4.78, 5) is 23.5. The molecule has 9 heteroatoms. The molecule has 168 valence electrons. The number of aliphatic carboxylic acids is 1. The number of ether oxygens (including phenoxy) is 1. The number of hydrogen-bond acceptors (Lipinski definition) is 6. The SMILES string of the molecule is O=C(O)C(=O)c1cn(-c2ccc(OCc3ccc(-c4csnn4)cc3)cc2)c2ccc(Cl)cc12. The molecule has 0 fully saturated rings. The van der Waals surface area contributed by atoms with Gasteiger partial charge in [-0.15, -0.1) is 5.10 Å². The van der Waals surface area contributed by atoms with Gasteiger partial charge in [0.2, 0.25) is 0 Å². The third kappa shape index (κ3) is 4.28. The first kappa shape index (κ1) is 21.8. The highest BCUT2D eigenvalue weighted by Crippen LogP contribution is 2.29. The molecule has 5 aromatic rings. The van der Waals surface area contributed by atoms with E-state index in [0.29, 0.717) is 28.3 Å². The summed E-state index contributed by atoms with van der Waals surface area (Å²) >= 11 is 7.40. The van der Waals surface area contributed by atoms with E-state index in [9.17, 15) is 14.7 Å². The third-order valence-corrected chi connectivity index (χ3v) is 6.08. The fourth-order valence-electron chi connectivity index (χ4n) is 3.64. The van der Waals surface area contributed by atoms with Crippen LogP contribution in [-0.2, 0) is 11.4 Å². The number of ketones is 1. The topological polar surface area (TPSA) is 94.3 Å². The van der Waals surface area contributed by atoms with Gasteiger partial charge >= 0.3 is 5.97 Å². The third-order valence-electron chi connectivity index (χ3n) is 5.34. The number of halogens is 1. The number of fused-ring (bicyclic) bond motifs is 1. The Hall–Kier alpha value is -4.01. The van der Waals surface area contributed by atoms with Crippen molar-refractivity contribution < 1.29 is 19.4 Å². The van der Waals surface area contributed by atoms with Crippen LogP contribution in [0.5, 0.6) is 5.75 Å². The largest absolute Gasteiger partial charge is 0.489 e. The Morgan fingerprint density at radius 2 is 1.79 bits per heavy atom. The molecule has 0 aliphatic carbocycles. The Morgan fingerprint density at radius 3 is 2.47 bits per heavy atom. The molecule has 0 saturated heterocycles. The van der Waals surface area contributed by atoms with E-state index in [1.807, 2.05) is 53.9 Å². The van der Waals surface area contributed by atoms with Crippen molar-refractivity contribution in [3.8, 4) is 22.7 Å². The molecule has 2 aromatic heterocycles. The monoisotopic (exact) mass is 489 g/mol. The van der Waals surface area contributed by atoms with Crippen LogP contribution in [0, 0.1) is 0 Å². The van der Waals surface area contributed by atoms with Crippen molar-refractivity contribution in [1.29, 1.82) is 0 Å². The zero-order valence-corrected chi connectivity index (χ0v) is 19.1. The van der Waals surface area contributed by atoms with E-state index in [1.54, 1.807) is 22.8 Å². The standard InChI is InChI=1S/C25H16ClN3O4S/c26-17-5-10-23-20(11-17)21(24(30)25(31)32)12-29(23)18-6-8-19(9-7-18)33-13-15-1-3-16(4-2-15)22-14-34-28-27-22/h1-12,14H,13H2,(H,31,32). The van der Waals surface area contributed by atoms with E-state index >= 15 is 0 Å². The quantitative estimate of drug-likeness (QED) is 0.234. The number of hydrogen-bond donors (Lipinski definition) is 1. The smallest absolute Gasteiger partial charge is 0.377 e. The van der Waals surface area contributed by atoms with Gasteiger partial charge in [0.25, 0.3) is 5.78 Å². The number of rotatable bonds is 7. The van der Waals surface area contributed by atoms with Crippen LogP contribution in [0.4, 0.5) is 0 Å². The number of benzene rings is 3. The summed E-state index contributed by atoms with van der Waals surface area (Å²) in [5, 5.41) is 16.1. The van der Waals surface area contributed by atoms with Gasteiger partial charge < -0.3 is 14.4 Å². The minimum absolute atomic E-state index is 0.0854. The number of nitrogens with zero attached hydrogens (tertiary/aromatic N) is 3. The molecule has 0 radical (unpaired) electrons. The predicted molar refractivity (Wildman–Crippen MR) is 130 cm³/mol. The predicted octanol–water partition coefficient (Wildman–Crippen LogP) is 5.65.